The molecule has 1 fully saturated rings. The average Bonchev–Trinajstić information content (AvgIpc) is 3.29. The van der Waals surface area contributed by atoms with Gasteiger partial charge in [0.1, 0.15) is 0 Å². The second-order valence-corrected chi connectivity index (χ2v) is 6.62. The minimum absolute atomic E-state index is 0.0963. The van der Waals surface area contributed by atoms with E-state index in [-0.39, 0.29) is 23.9 Å². The number of aromatic amines is 2. The third-order valence-electron chi connectivity index (χ3n) is 5.08. The molecule has 0 aliphatic carbocycles. The summed E-state index contributed by atoms with van der Waals surface area (Å²) in [5, 5.41) is 2.74. The lowest BCUT2D eigenvalue weighted by molar-refractivity contribution is -0.131. The molecule has 0 radical (unpaired) electrons. The zero-order valence-electron chi connectivity index (χ0n) is 14.4. The number of aryl methyl sites for hydroxylation is 2. The van der Waals surface area contributed by atoms with Crippen LogP contribution in [0, 0.1) is 13.8 Å². The fourth-order valence-electron chi connectivity index (χ4n) is 3.80. The molecule has 3 aromatic rings. The van der Waals surface area contributed by atoms with Gasteiger partial charge in [-0.05, 0) is 38.8 Å². The van der Waals surface area contributed by atoms with Crippen molar-refractivity contribution < 1.29 is 4.79 Å². The molecule has 4 heterocycles. The molecular formula is C18H21N5O2. The first-order chi connectivity index (χ1) is 12.0. The van der Waals surface area contributed by atoms with E-state index in [4.69, 9.17) is 0 Å². The van der Waals surface area contributed by atoms with Crippen LogP contribution in [0.4, 0.5) is 0 Å². The quantitative estimate of drug-likeness (QED) is 0.764. The van der Waals surface area contributed by atoms with E-state index in [1.165, 1.54) is 6.07 Å². The van der Waals surface area contributed by atoms with Crippen LogP contribution in [0.3, 0.4) is 0 Å². The summed E-state index contributed by atoms with van der Waals surface area (Å²) in [6.45, 7) is 4.57. The molecule has 1 saturated heterocycles. The van der Waals surface area contributed by atoms with Crippen molar-refractivity contribution in [2.45, 2.75) is 39.2 Å². The van der Waals surface area contributed by atoms with E-state index in [2.05, 4.69) is 15.1 Å². The summed E-state index contributed by atoms with van der Waals surface area (Å²) in [6, 6.07) is 5.58. The van der Waals surface area contributed by atoms with E-state index in [0.717, 1.165) is 42.0 Å². The number of rotatable bonds is 3. The molecule has 0 bridgehead atoms. The molecule has 1 aliphatic heterocycles. The Bertz CT molecular complexity index is 983. The van der Waals surface area contributed by atoms with Crippen LogP contribution in [0.25, 0.3) is 5.65 Å². The number of nitrogens with zero attached hydrogens (tertiary/aromatic N) is 3. The molecule has 0 unspecified atom stereocenters. The molecule has 7 nitrogen and oxygen atoms in total. The van der Waals surface area contributed by atoms with Crippen molar-refractivity contribution in [1.82, 2.24) is 24.5 Å². The van der Waals surface area contributed by atoms with Crippen molar-refractivity contribution in [2.24, 2.45) is 0 Å². The van der Waals surface area contributed by atoms with Crippen molar-refractivity contribution >= 4 is 11.6 Å². The number of likely N-dealkylation sites (tertiary alicyclic amines) is 1. The van der Waals surface area contributed by atoms with Crippen molar-refractivity contribution in [3.8, 4) is 0 Å². The fraction of sp³-hybridized carbons (Fsp3) is 0.389. The number of hydrogen-bond acceptors (Lipinski definition) is 3. The van der Waals surface area contributed by atoms with Crippen LogP contribution in [-0.4, -0.2) is 36.9 Å². The van der Waals surface area contributed by atoms with Gasteiger partial charge in [-0.1, -0.05) is 0 Å². The monoisotopic (exact) mass is 339 g/mol. The van der Waals surface area contributed by atoms with Crippen molar-refractivity contribution in [2.75, 3.05) is 6.54 Å². The van der Waals surface area contributed by atoms with Gasteiger partial charge in [0.2, 0.25) is 5.91 Å². The van der Waals surface area contributed by atoms with Gasteiger partial charge in [-0.2, -0.15) is 0 Å². The van der Waals surface area contributed by atoms with E-state index in [1.54, 1.807) is 4.52 Å². The van der Waals surface area contributed by atoms with E-state index in [1.807, 2.05) is 37.1 Å². The lowest BCUT2D eigenvalue weighted by atomic mass is 10.1. The summed E-state index contributed by atoms with van der Waals surface area (Å²) >= 11 is 0. The number of aromatic nitrogens is 4. The van der Waals surface area contributed by atoms with Gasteiger partial charge in [-0.25, -0.2) is 9.50 Å². The van der Waals surface area contributed by atoms with E-state index < -0.39 is 0 Å². The molecule has 0 spiro atoms. The van der Waals surface area contributed by atoms with Crippen LogP contribution >= 0.6 is 0 Å². The first-order valence-corrected chi connectivity index (χ1v) is 8.55. The van der Waals surface area contributed by atoms with Crippen molar-refractivity contribution in [3.05, 3.63) is 57.4 Å². The summed E-state index contributed by atoms with van der Waals surface area (Å²) in [7, 11) is 0. The Labute approximate surface area is 144 Å². The number of H-pyrrole nitrogens is 2. The van der Waals surface area contributed by atoms with Gasteiger partial charge < -0.3 is 9.88 Å². The van der Waals surface area contributed by atoms with Crippen LogP contribution in [0.5, 0.6) is 0 Å². The minimum Gasteiger partial charge on any atom is -0.363 e. The van der Waals surface area contributed by atoms with Crippen molar-refractivity contribution in [1.29, 1.82) is 0 Å². The Morgan fingerprint density at radius 3 is 3.00 bits per heavy atom. The van der Waals surface area contributed by atoms with Gasteiger partial charge in [0.05, 0.1) is 12.5 Å². The standard InChI is InChI=1S/C18H21N5O2/c1-11-13(12(2)23-16(20-11)10-17(24)21-23)9-18(25)22-8-4-6-15(22)14-5-3-7-19-14/h3,5,7,10,15,19H,4,6,8-9H2,1-2H3,(H,21,24)/t15-/m0/s1. The topological polar surface area (TPSA) is 86.3 Å². The number of fused-ring (bicyclic) bond motifs is 1. The van der Waals surface area contributed by atoms with Crippen LogP contribution in [0.1, 0.15) is 41.5 Å². The highest BCUT2D eigenvalue weighted by Crippen LogP contribution is 2.31. The molecule has 2 N–H and O–H groups in total. The van der Waals surface area contributed by atoms with Gasteiger partial charge >= 0.3 is 0 Å². The third kappa shape index (κ3) is 2.65. The lowest BCUT2D eigenvalue weighted by Gasteiger charge is -2.25. The minimum atomic E-state index is -0.190. The maximum Gasteiger partial charge on any atom is 0.266 e. The van der Waals surface area contributed by atoms with Crippen LogP contribution in [-0.2, 0) is 11.2 Å². The largest absolute Gasteiger partial charge is 0.363 e. The smallest absolute Gasteiger partial charge is 0.266 e. The molecule has 3 aromatic heterocycles. The fourth-order valence-corrected chi connectivity index (χ4v) is 3.80. The predicted molar refractivity (Wildman–Crippen MR) is 93.5 cm³/mol. The number of hydrogen-bond donors (Lipinski definition) is 2. The number of nitrogens with one attached hydrogen (secondary N) is 2. The third-order valence-corrected chi connectivity index (χ3v) is 5.08. The van der Waals surface area contributed by atoms with Gasteiger partial charge in [0.15, 0.2) is 5.65 Å². The maximum absolute atomic E-state index is 13.0. The Morgan fingerprint density at radius 2 is 2.24 bits per heavy atom. The zero-order chi connectivity index (χ0) is 17.6. The molecule has 25 heavy (non-hydrogen) atoms. The Balaban J connectivity index is 1.64. The number of carbonyl (C=O) groups is 1. The maximum atomic E-state index is 13.0. The highest BCUT2D eigenvalue weighted by molar-refractivity contribution is 5.80. The number of carbonyl (C=O) groups excluding carboxylic acids is 1. The SMILES string of the molecule is Cc1nc2cc(=O)[nH]n2c(C)c1CC(=O)N1CCC[C@H]1c1ccc[nH]1. The molecule has 130 valence electrons. The zero-order valence-corrected chi connectivity index (χ0v) is 14.4. The molecule has 0 saturated carbocycles. The summed E-state index contributed by atoms with van der Waals surface area (Å²) in [4.78, 5) is 34.2. The summed E-state index contributed by atoms with van der Waals surface area (Å²) in [6.07, 6.45) is 4.17. The lowest BCUT2D eigenvalue weighted by Crippen LogP contribution is -2.32. The van der Waals surface area contributed by atoms with Crippen LogP contribution in [0.2, 0.25) is 0 Å². The van der Waals surface area contributed by atoms with Crippen LogP contribution < -0.4 is 5.56 Å². The molecule has 7 heteroatoms. The predicted octanol–water partition coefficient (Wildman–Crippen LogP) is 1.87. The first-order valence-electron chi connectivity index (χ1n) is 8.55. The summed E-state index contributed by atoms with van der Waals surface area (Å²) in [5.41, 5.74) is 4.00. The normalized spacial score (nSPS) is 17.5. The summed E-state index contributed by atoms with van der Waals surface area (Å²) in [5.74, 6) is 0.0963. The Hall–Kier alpha value is -2.83. The van der Waals surface area contributed by atoms with Gasteiger partial charge in [-0.3, -0.25) is 14.7 Å². The molecular weight excluding hydrogens is 318 g/mol. The molecule has 1 aliphatic rings. The highest BCUT2D eigenvalue weighted by atomic mass is 16.2. The van der Waals surface area contributed by atoms with Crippen LogP contribution in [0.15, 0.2) is 29.2 Å². The molecule has 0 aromatic carbocycles. The van der Waals surface area contributed by atoms with Gasteiger partial charge in [0.25, 0.3) is 5.56 Å². The molecule has 1 amide bonds. The average molecular weight is 339 g/mol. The Morgan fingerprint density at radius 1 is 1.40 bits per heavy atom. The summed E-state index contributed by atoms with van der Waals surface area (Å²) < 4.78 is 1.66. The number of amides is 1. The highest BCUT2D eigenvalue weighted by Gasteiger charge is 2.31. The first kappa shape index (κ1) is 15.7. The Kier molecular flexibility index (Phi) is 3.71. The van der Waals surface area contributed by atoms with E-state index in [0.29, 0.717) is 5.65 Å². The van der Waals surface area contributed by atoms with E-state index >= 15 is 0 Å². The molecule has 1 atom stereocenters. The van der Waals surface area contributed by atoms with Crippen molar-refractivity contribution in [3.63, 3.8) is 0 Å². The molecule has 4 rings (SSSR count). The van der Waals surface area contributed by atoms with Gasteiger partial charge in [0, 0.05) is 41.5 Å². The van der Waals surface area contributed by atoms with Gasteiger partial charge in [-0.15, -0.1) is 0 Å². The second-order valence-electron chi connectivity index (χ2n) is 6.62. The second kappa shape index (κ2) is 5.91. The van der Waals surface area contributed by atoms with E-state index in [9.17, 15) is 9.59 Å².